The summed E-state index contributed by atoms with van der Waals surface area (Å²) in [4.78, 5) is 25.4. The lowest BCUT2D eigenvalue weighted by Gasteiger charge is -2.14. The molecule has 6 nitrogen and oxygen atoms in total. The van der Waals surface area contributed by atoms with Crippen LogP contribution in [0.3, 0.4) is 0 Å². The first kappa shape index (κ1) is 19.3. The maximum absolute atomic E-state index is 12.9. The van der Waals surface area contributed by atoms with Crippen molar-refractivity contribution in [2.75, 3.05) is 12.1 Å². The van der Waals surface area contributed by atoms with Gasteiger partial charge in [-0.25, -0.2) is 5.01 Å². The molecule has 0 aromatic heterocycles. The quantitative estimate of drug-likeness (QED) is 0.506. The number of amides is 2. The molecule has 1 aliphatic rings. The van der Waals surface area contributed by atoms with Crippen LogP contribution in [0.25, 0.3) is 6.08 Å². The third-order valence-corrected chi connectivity index (χ3v) is 4.66. The molecule has 1 saturated heterocycles. The highest BCUT2D eigenvalue weighted by Gasteiger charge is 2.34. The number of rotatable bonds is 6. The third kappa shape index (κ3) is 3.89. The number of hydrogen-bond donors (Lipinski definition) is 1. The highest BCUT2D eigenvalue weighted by atomic mass is 16.5. The first-order valence-electron chi connectivity index (χ1n) is 9.43. The smallest absolute Gasteiger partial charge is 0.282 e. The lowest BCUT2D eigenvalue weighted by molar-refractivity contribution is -0.117. The van der Waals surface area contributed by atoms with E-state index in [1.165, 1.54) is 11.1 Å². The summed E-state index contributed by atoms with van der Waals surface area (Å²) in [5.41, 5.74) is 4.79. The van der Waals surface area contributed by atoms with Crippen molar-refractivity contribution >= 4 is 23.6 Å². The number of carbonyl (C=O) groups is 2. The fourth-order valence-electron chi connectivity index (χ4n) is 3.16. The van der Waals surface area contributed by atoms with Gasteiger partial charge in [-0.15, -0.1) is 0 Å². The van der Waals surface area contributed by atoms with E-state index in [0.29, 0.717) is 29.4 Å². The molecule has 1 aliphatic heterocycles. The summed E-state index contributed by atoms with van der Waals surface area (Å²) in [7, 11) is 1.55. The van der Waals surface area contributed by atoms with Crippen molar-refractivity contribution in [1.82, 2.24) is 5.43 Å². The van der Waals surface area contributed by atoms with E-state index < -0.39 is 11.8 Å². The summed E-state index contributed by atoms with van der Waals surface area (Å²) in [6, 6.07) is 24.0. The van der Waals surface area contributed by atoms with Crippen molar-refractivity contribution in [2.24, 2.45) is 0 Å². The van der Waals surface area contributed by atoms with Crippen molar-refractivity contribution in [3.05, 3.63) is 95.6 Å². The lowest BCUT2D eigenvalue weighted by atomic mass is 10.1. The Bertz CT molecular complexity index is 1090. The van der Waals surface area contributed by atoms with Crippen LogP contribution in [0.15, 0.2) is 84.4 Å². The van der Waals surface area contributed by atoms with Gasteiger partial charge in [0.15, 0.2) is 11.5 Å². The zero-order valence-corrected chi connectivity index (χ0v) is 16.4. The largest absolute Gasteiger partial charge is 0.493 e. The van der Waals surface area contributed by atoms with E-state index in [4.69, 9.17) is 9.47 Å². The van der Waals surface area contributed by atoms with Gasteiger partial charge in [-0.1, -0.05) is 60.7 Å². The van der Waals surface area contributed by atoms with Gasteiger partial charge in [-0.05, 0) is 29.8 Å². The predicted molar refractivity (Wildman–Crippen MR) is 114 cm³/mol. The van der Waals surface area contributed by atoms with Gasteiger partial charge in [0.25, 0.3) is 11.8 Å². The normalized spacial score (nSPS) is 14.7. The number of anilines is 1. The number of nitrogens with one attached hydrogen (secondary N) is 1. The summed E-state index contributed by atoms with van der Waals surface area (Å²) in [6.45, 7) is 0.327. The number of ether oxygens (including phenoxy) is 2. The average molecular weight is 400 g/mol. The van der Waals surface area contributed by atoms with Crippen LogP contribution in [0.4, 0.5) is 5.69 Å². The molecule has 30 heavy (non-hydrogen) atoms. The fourth-order valence-corrected chi connectivity index (χ4v) is 3.16. The summed E-state index contributed by atoms with van der Waals surface area (Å²) >= 11 is 0. The van der Waals surface area contributed by atoms with Gasteiger partial charge >= 0.3 is 0 Å². The van der Waals surface area contributed by atoms with E-state index in [-0.39, 0.29) is 5.57 Å². The van der Waals surface area contributed by atoms with Gasteiger partial charge < -0.3 is 9.47 Å². The first-order chi connectivity index (χ1) is 14.7. The average Bonchev–Trinajstić information content (AvgIpc) is 3.07. The Morgan fingerprint density at radius 1 is 0.900 bits per heavy atom. The molecule has 0 spiro atoms. The van der Waals surface area contributed by atoms with Crippen molar-refractivity contribution in [3.8, 4) is 11.5 Å². The molecule has 0 bridgehead atoms. The van der Waals surface area contributed by atoms with Crippen LogP contribution in [-0.4, -0.2) is 18.9 Å². The van der Waals surface area contributed by atoms with Gasteiger partial charge in [0.1, 0.15) is 12.2 Å². The Kier molecular flexibility index (Phi) is 5.48. The fraction of sp³-hybridized carbons (Fsp3) is 0.0833. The van der Waals surface area contributed by atoms with Crippen molar-refractivity contribution in [3.63, 3.8) is 0 Å². The second-order valence-electron chi connectivity index (χ2n) is 6.63. The summed E-state index contributed by atoms with van der Waals surface area (Å²) in [6.07, 6.45) is 1.53. The van der Waals surface area contributed by atoms with Crippen LogP contribution >= 0.6 is 0 Å². The number of hydrogen-bond acceptors (Lipinski definition) is 4. The number of hydrazine groups is 1. The van der Waals surface area contributed by atoms with E-state index in [2.05, 4.69) is 5.43 Å². The Morgan fingerprint density at radius 3 is 2.30 bits per heavy atom. The highest BCUT2D eigenvalue weighted by molar-refractivity contribution is 6.31. The van der Waals surface area contributed by atoms with Gasteiger partial charge in [-0.3, -0.25) is 15.0 Å². The van der Waals surface area contributed by atoms with E-state index in [1.807, 2.05) is 36.4 Å². The second kappa shape index (κ2) is 8.53. The van der Waals surface area contributed by atoms with Gasteiger partial charge in [-0.2, -0.15) is 0 Å². The maximum atomic E-state index is 12.9. The molecule has 0 atom stereocenters. The second-order valence-corrected chi connectivity index (χ2v) is 6.63. The molecule has 2 amide bonds. The van der Waals surface area contributed by atoms with Crippen LogP contribution in [0, 0.1) is 0 Å². The minimum absolute atomic E-state index is 0.0247. The molecule has 4 rings (SSSR count). The van der Waals surface area contributed by atoms with E-state index in [9.17, 15) is 9.59 Å². The standard InChI is InChI=1S/C24H20N2O4/c1-29-21-14-8-11-18(22(21)30-16-17-9-4-2-5-10-17)15-20-23(27)25-26(24(20)28)19-12-6-3-7-13-19/h2-15H,16H2,1H3,(H,25,27)/b20-15+. The van der Waals surface area contributed by atoms with Crippen LogP contribution in [0.1, 0.15) is 11.1 Å². The molecule has 1 heterocycles. The van der Waals surface area contributed by atoms with E-state index in [1.54, 1.807) is 49.6 Å². The van der Waals surface area contributed by atoms with Gasteiger partial charge in [0.05, 0.1) is 12.8 Å². The minimum atomic E-state index is -0.472. The number of para-hydroxylation sites is 2. The Morgan fingerprint density at radius 2 is 1.60 bits per heavy atom. The SMILES string of the molecule is COc1cccc(/C=C2\C(=O)NN(c3ccccc3)C2=O)c1OCc1ccccc1. The first-order valence-corrected chi connectivity index (χ1v) is 9.43. The van der Waals surface area contributed by atoms with Crippen LogP contribution < -0.4 is 19.9 Å². The molecule has 1 fully saturated rings. The molecule has 0 aliphatic carbocycles. The van der Waals surface area contributed by atoms with E-state index in [0.717, 1.165) is 5.56 Å². The molecule has 0 unspecified atom stereocenters. The molecule has 0 radical (unpaired) electrons. The predicted octanol–water partition coefficient (Wildman–Crippen LogP) is 3.74. The summed E-state index contributed by atoms with van der Waals surface area (Å²) in [5.74, 6) is 0.0878. The molecule has 6 heteroatoms. The monoisotopic (exact) mass is 400 g/mol. The van der Waals surface area contributed by atoms with Crippen LogP contribution in [0.2, 0.25) is 0 Å². The third-order valence-electron chi connectivity index (χ3n) is 4.66. The minimum Gasteiger partial charge on any atom is -0.493 e. The van der Waals surface area contributed by atoms with Crippen molar-refractivity contribution < 1.29 is 19.1 Å². The molecule has 3 aromatic rings. The summed E-state index contributed by atoms with van der Waals surface area (Å²) in [5, 5.41) is 1.23. The molecule has 0 saturated carbocycles. The van der Waals surface area contributed by atoms with Gasteiger partial charge in [0, 0.05) is 5.56 Å². The Hall–Kier alpha value is -4.06. The number of nitrogens with zero attached hydrogens (tertiary/aromatic N) is 1. The molecular formula is C24H20N2O4. The topological polar surface area (TPSA) is 67.9 Å². The number of carbonyl (C=O) groups excluding carboxylic acids is 2. The Labute approximate surface area is 174 Å². The zero-order valence-electron chi connectivity index (χ0n) is 16.4. The summed E-state index contributed by atoms with van der Waals surface area (Å²) < 4.78 is 11.4. The molecule has 1 N–H and O–H groups in total. The van der Waals surface area contributed by atoms with Gasteiger partial charge in [0.2, 0.25) is 0 Å². The lowest BCUT2D eigenvalue weighted by Crippen LogP contribution is -2.35. The highest BCUT2D eigenvalue weighted by Crippen LogP contribution is 2.34. The maximum Gasteiger partial charge on any atom is 0.282 e. The number of benzene rings is 3. The number of methoxy groups -OCH3 is 1. The Balaban J connectivity index is 1.66. The zero-order chi connectivity index (χ0) is 20.9. The van der Waals surface area contributed by atoms with E-state index >= 15 is 0 Å². The van der Waals surface area contributed by atoms with Crippen LogP contribution in [-0.2, 0) is 16.2 Å². The van der Waals surface area contributed by atoms with Crippen molar-refractivity contribution in [2.45, 2.75) is 6.61 Å². The van der Waals surface area contributed by atoms with Crippen LogP contribution in [0.5, 0.6) is 11.5 Å². The molecular weight excluding hydrogens is 380 g/mol. The molecule has 3 aromatic carbocycles. The van der Waals surface area contributed by atoms with Crippen molar-refractivity contribution in [1.29, 1.82) is 0 Å². The molecule has 150 valence electrons.